The smallest absolute Gasteiger partial charge is 0.271 e. The molecule has 7 nitrogen and oxygen atoms in total. The van der Waals surface area contributed by atoms with Crippen molar-refractivity contribution in [1.29, 1.82) is 0 Å². The van der Waals surface area contributed by atoms with E-state index in [2.05, 4.69) is 20.5 Å². The number of imidazole rings is 1. The lowest BCUT2D eigenvalue weighted by Gasteiger charge is -2.16. The molecule has 0 fully saturated rings. The predicted molar refractivity (Wildman–Crippen MR) is 117 cm³/mol. The van der Waals surface area contributed by atoms with Gasteiger partial charge in [0, 0.05) is 30.1 Å². The Kier molecular flexibility index (Phi) is 5.80. The number of hydrogen-bond acceptors (Lipinski definition) is 6. The molecule has 0 saturated heterocycles. The second kappa shape index (κ2) is 8.51. The highest BCUT2D eigenvalue weighted by molar-refractivity contribution is 7.05. The number of halogens is 1. The van der Waals surface area contributed by atoms with Crippen molar-refractivity contribution < 1.29 is 5.11 Å². The fourth-order valence-corrected chi connectivity index (χ4v) is 4.32. The highest BCUT2D eigenvalue weighted by Gasteiger charge is 2.20. The summed E-state index contributed by atoms with van der Waals surface area (Å²) in [6.45, 7) is 3.70. The highest BCUT2D eigenvalue weighted by atomic mass is 35.5. The summed E-state index contributed by atoms with van der Waals surface area (Å²) in [5, 5.41) is 14.2. The first kappa shape index (κ1) is 20.5. The van der Waals surface area contributed by atoms with Crippen LogP contribution in [-0.2, 0) is 6.42 Å². The number of aryl methyl sites for hydroxylation is 2. The molecule has 4 aromatic rings. The van der Waals surface area contributed by atoms with Gasteiger partial charge in [-0.15, -0.1) is 0 Å². The number of nitrogens with zero attached hydrogens (tertiary/aromatic N) is 5. The summed E-state index contributed by atoms with van der Waals surface area (Å²) in [5.74, 6) is 0. The second-order valence-electron chi connectivity index (χ2n) is 7.08. The van der Waals surface area contributed by atoms with Crippen LogP contribution in [0.25, 0.3) is 5.69 Å². The minimum Gasteiger partial charge on any atom is -0.394 e. The van der Waals surface area contributed by atoms with E-state index in [1.807, 2.05) is 36.7 Å². The predicted octanol–water partition coefficient (Wildman–Crippen LogP) is 3.33. The zero-order chi connectivity index (χ0) is 21.3. The molecule has 0 aliphatic carbocycles. The summed E-state index contributed by atoms with van der Waals surface area (Å²) in [7, 11) is 0. The van der Waals surface area contributed by atoms with Crippen LogP contribution < -0.4 is 5.56 Å². The van der Waals surface area contributed by atoms with E-state index in [0.717, 1.165) is 27.4 Å². The van der Waals surface area contributed by atoms with Gasteiger partial charge in [0.1, 0.15) is 11.2 Å². The molecule has 0 spiro atoms. The van der Waals surface area contributed by atoms with Gasteiger partial charge in [-0.1, -0.05) is 23.7 Å². The van der Waals surface area contributed by atoms with Crippen molar-refractivity contribution in [3.8, 4) is 5.69 Å². The first-order valence-corrected chi connectivity index (χ1v) is 10.5. The van der Waals surface area contributed by atoms with Crippen LogP contribution >= 0.6 is 23.1 Å². The van der Waals surface area contributed by atoms with E-state index in [0.29, 0.717) is 12.0 Å². The average molecular weight is 442 g/mol. The van der Waals surface area contributed by atoms with E-state index in [4.69, 9.17) is 11.6 Å². The van der Waals surface area contributed by atoms with E-state index in [-0.39, 0.29) is 17.3 Å². The molecular formula is C21H20ClN5O2S. The third kappa shape index (κ3) is 4.07. The lowest BCUT2D eigenvalue weighted by molar-refractivity contribution is 0.238. The molecule has 0 aliphatic rings. The molecule has 3 heterocycles. The van der Waals surface area contributed by atoms with Crippen LogP contribution in [0.4, 0.5) is 0 Å². The van der Waals surface area contributed by atoms with Crippen molar-refractivity contribution >= 4 is 23.1 Å². The maximum absolute atomic E-state index is 13.1. The van der Waals surface area contributed by atoms with Gasteiger partial charge in [-0.25, -0.2) is 14.0 Å². The largest absolute Gasteiger partial charge is 0.394 e. The Bertz CT molecular complexity index is 1230. The number of aliphatic hydroxyl groups excluding tert-OH is 1. The summed E-state index contributed by atoms with van der Waals surface area (Å²) in [6.07, 6.45) is 5.79. The van der Waals surface area contributed by atoms with E-state index in [1.165, 1.54) is 16.2 Å². The van der Waals surface area contributed by atoms with Gasteiger partial charge in [-0.2, -0.15) is 5.10 Å². The molecule has 9 heteroatoms. The van der Waals surface area contributed by atoms with Crippen molar-refractivity contribution in [2.75, 3.05) is 6.61 Å². The lowest BCUT2D eigenvalue weighted by Crippen LogP contribution is -2.32. The Hall–Kier alpha value is -2.81. The van der Waals surface area contributed by atoms with Crippen LogP contribution in [-0.4, -0.2) is 35.4 Å². The maximum atomic E-state index is 13.1. The zero-order valence-electron chi connectivity index (χ0n) is 16.5. The molecule has 30 heavy (non-hydrogen) atoms. The van der Waals surface area contributed by atoms with Gasteiger partial charge >= 0.3 is 0 Å². The SMILES string of the molecule is Cc1cn(-c2ccc(Cc3cc(Cl)nn([C@@H](CO)c4ccns4)c3=O)cc2C)cn1. The molecule has 0 aliphatic heterocycles. The molecule has 1 N–H and O–H groups in total. The minimum atomic E-state index is -0.615. The fourth-order valence-electron chi connectivity index (χ4n) is 3.44. The van der Waals surface area contributed by atoms with Gasteiger partial charge in [0.2, 0.25) is 0 Å². The number of benzene rings is 1. The molecule has 3 aromatic heterocycles. The van der Waals surface area contributed by atoms with E-state index in [9.17, 15) is 9.90 Å². The molecule has 0 bridgehead atoms. The van der Waals surface area contributed by atoms with Crippen LogP contribution in [0, 0.1) is 13.8 Å². The van der Waals surface area contributed by atoms with Gasteiger partial charge in [-0.3, -0.25) is 4.79 Å². The topological polar surface area (TPSA) is 85.8 Å². The summed E-state index contributed by atoms with van der Waals surface area (Å²) in [5.41, 5.74) is 4.28. The molecular weight excluding hydrogens is 422 g/mol. The van der Waals surface area contributed by atoms with Crippen LogP contribution in [0.3, 0.4) is 0 Å². The van der Waals surface area contributed by atoms with Crippen LogP contribution in [0.5, 0.6) is 0 Å². The van der Waals surface area contributed by atoms with Crippen molar-refractivity contribution in [2.45, 2.75) is 26.3 Å². The summed E-state index contributed by atoms with van der Waals surface area (Å²) >= 11 is 7.43. The summed E-state index contributed by atoms with van der Waals surface area (Å²) in [4.78, 5) is 18.1. The Balaban J connectivity index is 1.68. The molecule has 0 saturated carbocycles. The third-order valence-electron chi connectivity index (χ3n) is 4.88. The monoisotopic (exact) mass is 441 g/mol. The Morgan fingerprint density at radius 2 is 2.07 bits per heavy atom. The Morgan fingerprint density at radius 1 is 1.23 bits per heavy atom. The van der Waals surface area contributed by atoms with Gasteiger partial charge in [0.25, 0.3) is 5.56 Å². The zero-order valence-corrected chi connectivity index (χ0v) is 18.1. The molecule has 1 atom stereocenters. The third-order valence-corrected chi connectivity index (χ3v) is 5.91. The molecule has 4 rings (SSSR count). The van der Waals surface area contributed by atoms with Crippen molar-refractivity contribution in [2.24, 2.45) is 0 Å². The Labute approximate surface area is 182 Å². The van der Waals surface area contributed by atoms with Crippen LogP contribution in [0.2, 0.25) is 5.15 Å². The summed E-state index contributed by atoms with van der Waals surface area (Å²) < 4.78 is 7.28. The van der Waals surface area contributed by atoms with Gasteiger partial charge in [0.15, 0.2) is 0 Å². The average Bonchev–Trinajstić information content (AvgIpc) is 3.38. The number of aliphatic hydroxyl groups is 1. The highest BCUT2D eigenvalue weighted by Crippen LogP contribution is 2.22. The minimum absolute atomic E-state index is 0.204. The second-order valence-corrected chi connectivity index (χ2v) is 8.33. The van der Waals surface area contributed by atoms with Gasteiger partial charge in [-0.05, 0) is 54.7 Å². The number of rotatable bonds is 6. The molecule has 1 aromatic carbocycles. The quantitative estimate of drug-likeness (QED) is 0.496. The molecule has 0 unspecified atom stereocenters. The summed E-state index contributed by atoms with van der Waals surface area (Å²) in [6, 6.07) is 8.79. The first-order chi connectivity index (χ1) is 14.5. The van der Waals surface area contributed by atoms with Gasteiger partial charge in [0.05, 0.1) is 23.5 Å². The van der Waals surface area contributed by atoms with E-state index < -0.39 is 6.04 Å². The van der Waals surface area contributed by atoms with Crippen molar-refractivity contribution in [3.05, 3.63) is 91.8 Å². The first-order valence-electron chi connectivity index (χ1n) is 9.36. The molecule has 0 radical (unpaired) electrons. The normalized spacial score (nSPS) is 12.3. The van der Waals surface area contributed by atoms with Crippen molar-refractivity contribution in [3.63, 3.8) is 0 Å². The fraction of sp³-hybridized carbons (Fsp3) is 0.238. The van der Waals surface area contributed by atoms with E-state index in [1.54, 1.807) is 24.7 Å². The van der Waals surface area contributed by atoms with Crippen molar-refractivity contribution in [1.82, 2.24) is 23.7 Å². The lowest BCUT2D eigenvalue weighted by atomic mass is 10.0. The molecule has 154 valence electrons. The van der Waals surface area contributed by atoms with Crippen LogP contribution in [0.15, 0.2) is 53.8 Å². The maximum Gasteiger partial charge on any atom is 0.271 e. The molecule has 0 amide bonds. The number of aromatic nitrogens is 5. The number of hydrogen-bond donors (Lipinski definition) is 1. The Morgan fingerprint density at radius 3 is 2.70 bits per heavy atom. The van der Waals surface area contributed by atoms with E-state index >= 15 is 0 Å². The van der Waals surface area contributed by atoms with Gasteiger partial charge < -0.3 is 9.67 Å². The standard InChI is InChI=1S/C21H20ClN5O2S/c1-13-7-15(3-4-17(13)26-10-14(2)23-12-26)8-16-9-20(22)25-27(21(16)29)18(11-28)19-5-6-24-30-19/h3-7,9-10,12,18,28H,8,11H2,1-2H3/t18-/m0/s1. The van der Waals surface area contributed by atoms with Crippen LogP contribution in [0.1, 0.15) is 33.3 Å².